The van der Waals surface area contributed by atoms with E-state index in [1.165, 1.54) is 25.7 Å². The number of ether oxygens (including phenoxy) is 13. The summed E-state index contributed by atoms with van der Waals surface area (Å²) in [6.45, 7) is 19.4. The molecule has 0 unspecified atom stereocenters. The minimum Gasteiger partial charge on any atom is -0.458 e. The third-order valence-corrected chi connectivity index (χ3v) is 6.12. The molecular formula is C35H70O14. The van der Waals surface area contributed by atoms with E-state index in [0.717, 1.165) is 13.0 Å². The molecule has 0 amide bonds. The maximum atomic E-state index is 11.5. The molecule has 0 aromatic heterocycles. The van der Waals surface area contributed by atoms with Crippen LogP contribution in [-0.4, -0.2) is 170 Å². The Morgan fingerprint density at radius 2 is 0.592 bits per heavy atom. The summed E-state index contributed by atoms with van der Waals surface area (Å²) in [5.41, 5.74) is -0.510. The number of carbonyl (C=O) groups is 1. The van der Waals surface area contributed by atoms with Crippen LogP contribution in [0.4, 0.5) is 0 Å². The first kappa shape index (κ1) is 48.0. The molecule has 0 saturated heterocycles. The summed E-state index contributed by atoms with van der Waals surface area (Å²) in [4.78, 5) is 11.5. The van der Waals surface area contributed by atoms with Crippen LogP contribution in [0.3, 0.4) is 0 Å². The van der Waals surface area contributed by atoms with Crippen molar-refractivity contribution in [1.82, 2.24) is 0 Å². The third kappa shape index (κ3) is 45.0. The molecule has 294 valence electrons. The fourth-order valence-electron chi connectivity index (χ4n) is 3.75. The Hall–Kier alpha value is -1.01. The fraction of sp³-hybridized carbons (Fsp3) is 0.971. The molecule has 0 spiro atoms. The van der Waals surface area contributed by atoms with E-state index in [2.05, 4.69) is 6.92 Å². The summed E-state index contributed by atoms with van der Waals surface area (Å²) in [6, 6.07) is 0. The summed E-state index contributed by atoms with van der Waals surface area (Å²) in [6.07, 6.45) is 6.26. The number of hydrogen-bond donors (Lipinski definition) is 0. The number of rotatable bonds is 41. The van der Waals surface area contributed by atoms with Crippen LogP contribution in [0.15, 0.2) is 0 Å². The van der Waals surface area contributed by atoms with Crippen molar-refractivity contribution in [2.75, 3.05) is 159 Å². The first-order chi connectivity index (χ1) is 24.0. The largest absolute Gasteiger partial charge is 0.458 e. The monoisotopic (exact) mass is 714 g/mol. The van der Waals surface area contributed by atoms with Crippen molar-refractivity contribution in [2.45, 2.75) is 65.4 Å². The molecule has 0 aliphatic rings. The van der Waals surface area contributed by atoms with E-state index in [1.807, 2.05) is 20.8 Å². The van der Waals surface area contributed by atoms with Crippen LogP contribution in [0, 0.1) is 0 Å². The minimum absolute atomic E-state index is 0.0823. The van der Waals surface area contributed by atoms with E-state index in [9.17, 15) is 4.79 Å². The van der Waals surface area contributed by atoms with Crippen LogP contribution < -0.4 is 0 Å². The van der Waals surface area contributed by atoms with Crippen molar-refractivity contribution in [3.8, 4) is 0 Å². The third-order valence-electron chi connectivity index (χ3n) is 6.12. The molecule has 0 bridgehead atoms. The highest BCUT2D eigenvalue weighted by atomic mass is 16.6. The normalized spacial score (nSPS) is 11.8. The van der Waals surface area contributed by atoms with Gasteiger partial charge >= 0.3 is 5.97 Å². The molecule has 0 heterocycles. The van der Waals surface area contributed by atoms with Gasteiger partial charge in [0.15, 0.2) is 0 Å². The second-order valence-electron chi connectivity index (χ2n) is 11.8. The van der Waals surface area contributed by atoms with Gasteiger partial charge in [-0.15, -0.1) is 0 Å². The molecule has 0 rings (SSSR count). The van der Waals surface area contributed by atoms with E-state index in [4.69, 9.17) is 61.6 Å². The van der Waals surface area contributed by atoms with Crippen molar-refractivity contribution in [1.29, 1.82) is 0 Å². The van der Waals surface area contributed by atoms with Crippen molar-refractivity contribution in [2.24, 2.45) is 0 Å². The Kier molecular flexibility index (Phi) is 39.0. The number of unbranched alkanes of at least 4 members (excludes halogenated alkanes) is 4. The predicted octanol–water partition coefficient (Wildman–Crippen LogP) is 3.50. The lowest BCUT2D eigenvalue weighted by molar-refractivity contribution is -0.160. The molecule has 49 heavy (non-hydrogen) atoms. The van der Waals surface area contributed by atoms with E-state index < -0.39 is 5.60 Å². The Morgan fingerprint density at radius 3 is 0.857 bits per heavy atom. The summed E-state index contributed by atoms with van der Waals surface area (Å²) in [5.74, 6) is -0.386. The molecule has 14 nitrogen and oxygen atoms in total. The Labute approximate surface area is 296 Å². The van der Waals surface area contributed by atoms with Crippen LogP contribution in [0.25, 0.3) is 0 Å². The van der Waals surface area contributed by atoms with Crippen LogP contribution >= 0.6 is 0 Å². The van der Waals surface area contributed by atoms with Crippen LogP contribution in [0.2, 0.25) is 0 Å². The van der Waals surface area contributed by atoms with E-state index in [1.54, 1.807) is 0 Å². The van der Waals surface area contributed by atoms with Crippen molar-refractivity contribution in [3.63, 3.8) is 0 Å². The summed E-state index contributed by atoms with van der Waals surface area (Å²) < 4.78 is 70.6. The molecular weight excluding hydrogens is 644 g/mol. The molecule has 0 aromatic carbocycles. The van der Waals surface area contributed by atoms with Gasteiger partial charge in [0.25, 0.3) is 0 Å². The zero-order valence-electron chi connectivity index (χ0n) is 31.2. The number of esters is 1. The van der Waals surface area contributed by atoms with E-state index in [0.29, 0.717) is 145 Å². The maximum Gasteiger partial charge on any atom is 0.332 e. The maximum absolute atomic E-state index is 11.5. The van der Waals surface area contributed by atoms with Gasteiger partial charge in [0, 0.05) is 6.61 Å². The molecule has 0 fully saturated rings. The number of hydrogen-bond acceptors (Lipinski definition) is 14. The smallest absolute Gasteiger partial charge is 0.332 e. The average Bonchev–Trinajstić information content (AvgIpc) is 3.06. The molecule has 0 aliphatic heterocycles. The lowest BCUT2D eigenvalue weighted by atomic mass is 10.2. The quantitative estimate of drug-likeness (QED) is 0.0675. The van der Waals surface area contributed by atoms with Crippen LogP contribution in [-0.2, 0) is 66.4 Å². The molecule has 0 aromatic rings. The minimum atomic E-state index is -0.510. The molecule has 0 saturated carbocycles. The van der Waals surface area contributed by atoms with Gasteiger partial charge in [-0.25, -0.2) is 4.79 Å². The van der Waals surface area contributed by atoms with E-state index in [-0.39, 0.29) is 12.6 Å². The van der Waals surface area contributed by atoms with E-state index >= 15 is 0 Å². The van der Waals surface area contributed by atoms with Gasteiger partial charge < -0.3 is 61.6 Å². The van der Waals surface area contributed by atoms with Gasteiger partial charge in [0.05, 0.1) is 145 Å². The lowest BCUT2D eigenvalue weighted by Crippen LogP contribution is -2.27. The topological polar surface area (TPSA) is 137 Å². The zero-order chi connectivity index (χ0) is 35.8. The summed E-state index contributed by atoms with van der Waals surface area (Å²) in [7, 11) is 0. The molecule has 0 N–H and O–H groups in total. The lowest BCUT2D eigenvalue weighted by Gasteiger charge is -2.19. The Morgan fingerprint density at radius 1 is 0.347 bits per heavy atom. The standard InChI is InChI=1S/C35H70O14/c1-5-6-7-8-9-10-37-11-12-38-13-14-39-15-16-40-17-18-41-19-20-42-21-22-43-23-24-44-25-26-45-27-28-46-29-30-47-31-32-48-33-34(36)49-35(2,3)4/h5-33H2,1-4H3. The highest BCUT2D eigenvalue weighted by Crippen LogP contribution is 2.06. The van der Waals surface area contributed by atoms with Gasteiger partial charge in [-0.3, -0.25) is 0 Å². The molecule has 0 atom stereocenters. The predicted molar refractivity (Wildman–Crippen MR) is 184 cm³/mol. The van der Waals surface area contributed by atoms with Crippen molar-refractivity contribution in [3.05, 3.63) is 0 Å². The number of carbonyl (C=O) groups excluding carboxylic acids is 1. The van der Waals surface area contributed by atoms with Gasteiger partial charge in [0.1, 0.15) is 12.2 Å². The van der Waals surface area contributed by atoms with Crippen LogP contribution in [0.5, 0.6) is 0 Å². The zero-order valence-corrected chi connectivity index (χ0v) is 31.2. The Balaban J connectivity index is 3.09. The average molecular weight is 715 g/mol. The highest BCUT2D eigenvalue weighted by Gasteiger charge is 2.15. The SMILES string of the molecule is CCCCCCCOCCOCCOCCOCCOCCOCCOCCOCCOCCOCCOCCOCC(=O)OC(C)(C)C. The van der Waals surface area contributed by atoms with Gasteiger partial charge in [-0.1, -0.05) is 32.6 Å². The molecule has 0 radical (unpaired) electrons. The van der Waals surface area contributed by atoms with Crippen LogP contribution in [0.1, 0.15) is 59.8 Å². The van der Waals surface area contributed by atoms with Gasteiger partial charge in [-0.05, 0) is 27.2 Å². The second-order valence-corrected chi connectivity index (χ2v) is 11.8. The van der Waals surface area contributed by atoms with Gasteiger partial charge in [0.2, 0.25) is 0 Å². The molecule has 0 aliphatic carbocycles. The van der Waals surface area contributed by atoms with Gasteiger partial charge in [-0.2, -0.15) is 0 Å². The Bertz CT molecular complexity index is 650. The van der Waals surface area contributed by atoms with Crippen molar-refractivity contribution < 1.29 is 66.4 Å². The first-order valence-electron chi connectivity index (χ1n) is 18.1. The van der Waals surface area contributed by atoms with Crippen molar-refractivity contribution >= 4 is 5.97 Å². The highest BCUT2D eigenvalue weighted by molar-refractivity contribution is 5.71. The molecule has 14 heteroatoms. The summed E-state index contributed by atoms with van der Waals surface area (Å²) >= 11 is 0. The fourth-order valence-corrected chi connectivity index (χ4v) is 3.75. The summed E-state index contributed by atoms with van der Waals surface area (Å²) in [5, 5.41) is 0. The second kappa shape index (κ2) is 39.8. The first-order valence-corrected chi connectivity index (χ1v) is 18.1.